The van der Waals surface area contributed by atoms with E-state index in [1.807, 2.05) is 30.0 Å². The van der Waals surface area contributed by atoms with Crippen LogP contribution in [-0.2, 0) is 11.3 Å². The Kier molecular flexibility index (Phi) is 4.61. The fraction of sp³-hybridized carbons (Fsp3) is 0.353. The van der Waals surface area contributed by atoms with Crippen LogP contribution in [0.2, 0.25) is 0 Å². The second-order valence-corrected chi connectivity index (χ2v) is 5.84. The van der Waals surface area contributed by atoms with Crippen LogP contribution in [0.3, 0.4) is 0 Å². The maximum Gasteiger partial charge on any atom is 0.254 e. The molecule has 1 aromatic carbocycles. The number of nitrogens with two attached hydrogens (primary N) is 1. The molecule has 2 heterocycles. The van der Waals surface area contributed by atoms with E-state index in [1.54, 1.807) is 10.9 Å². The van der Waals surface area contributed by atoms with Gasteiger partial charge in [-0.25, -0.2) is 0 Å². The van der Waals surface area contributed by atoms with Gasteiger partial charge in [-0.3, -0.25) is 14.3 Å². The number of amides is 2. The van der Waals surface area contributed by atoms with Crippen molar-refractivity contribution in [2.45, 2.75) is 13.5 Å². The van der Waals surface area contributed by atoms with Gasteiger partial charge in [-0.2, -0.15) is 5.10 Å². The van der Waals surface area contributed by atoms with Gasteiger partial charge < -0.3 is 15.4 Å². The van der Waals surface area contributed by atoms with E-state index in [9.17, 15) is 9.59 Å². The minimum atomic E-state index is -0.496. The molecule has 24 heavy (non-hydrogen) atoms. The van der Waals surface area contributed by atoms with E-state index in [-0.39, 0.29) is 5.91 Å². The van der Waals surface area contributed by atoms with Gasteiger partial charge in [-0.15, -0.1) is 0 Å². The van der Waals surface area contributed by atoms with Crippen LogP contribution in [0.4, 0.5) is 0 Å². The van der Waals surface area contributed by atoms with Gasteiger partial charge in [0.1, 0.15) is 0 Å². The number of primary amides is 1. The lowest BCUT2D eigenvalue weighted by molar-refractivity contribution is 0.0303. The lowest BCUT2D eigenvalue weighted by Gasteiger charge is -2.27. The van der Waals surface area contributed by atoms with E-state index in [1.165, 1.54) is 6.20 Å². The third kappa shape index (κ3) is 3.46. The Morgan fingerprint density at radius 1 is 1.25 bits per heavy atom. The molecule has 1 saturated heterocycles. The molecule has 0 spiro atoms. The van der Waals surface area contributed by atoms with Crippen LogP contribution in [-0.4, -0.2) is 52.8 Å². The first-order valence-corrected chi connectivity index (χ1v) is 7.83. The van der Waals surface area contributed by atoms with E-state index < -0.39 is 5.91 Å². The van der Waals surface area contributed by atoms with Gasteiger partial charge >= 0.3 is 0 Å². The zero-order chi connectivity index (χ0) is 17.1. The molecule has 126 valence electrons. The number of ether oxygens (including phenoxy) is 1. The van der Waals surface area contributed by atoms with Crippen molar-refractivity contribution in [2.75, 3.05) is 26.3 Å². The number of nitrogens with zero attached hydrogens (tertiary/aromatic N) is 3. The van der Waals surface area contributed by atoms with Crippen LogP contribution in [0.5, 0.6) is 0 Å². The predicted molar refractivity (Wildman–Crippen MR) is 87.7 cm³/mol. The Labute approximate surface area is 140 Å². The highest BCUT2D eigenvalue weighted by Gasteiger charge is 2.19. The van der Waals surface area contributed by atoms with E-state index in [0.29, 0.717) is 44.0 Å². The molecule has 2 amide bonds. The molecular weight excluding hydrogens is 308 g/mol. The zero-order valence-electron chi connectivity index (χ0n) is 13.6. The van der Waals surface area contributed by atoms with Gasteiger partial charge in [0.2, 0.25) is 0 Å². The van der Waals surface area contributed by atoms with Crippen molar-refractivity contribution >= 4 is 11.8 Å². The molecule has 0 radical (unpaired) electrons. The van der Waals surface area contributed by atoms with Crippen molar-refractivity contribution in [2.24, 2.45) is 5.73 Å². The second kappa shape index (κ2) is 6.84. The number of morpholine rings is 1. The van der Waals surface area contributed by atoms with Crippen molar-refractivity contribution in [1.82, 2.24) is 14.7 Å². The summed E-state index contributed by atoms with van der Waals surface area (Å²) in [6.45, 7) is 4.91. The summed E-state index contributed by atoms with van der Waals surface area (Å²) in [4.78, 5) is 25.4. The summed E-state index contributed by atoms with van der Waals surface area (Å²) in [5, 5.41) is 4.13. The molecule has 1 aromatic heterocycles. The summed E-state index contributed by atoms with van der Waals surface area (Å²) in [5.41, 5.74) is 8.33. The Hall–Kier alpha value is -2.67. The normalized spacial score (nSPS) is 14.6. The Morgan fingerprint density at radius 2 is 2.00 bits per heavy atom. The SMILES string of the molecule is Cc1cc(C(=O)N2CCOCC2)ccc1Cn1cc(C(N)=O)cn1. The number of hydrogen-bond donors (Lipinski definition) is 1. The highest BCUT2D eigenvalue weighted by atomic mass is 16.5. The topological polar surface area (TPSA) is 90.5 Å². The van der Waals surface area contributed by atoms with Crippen molar-refractivity contribution in [3.05, 3.63) is 52.8 Å². The van der Waals surface area contributed by atoms with Gasteiger partial charge in [0.15, 0.2) is 0 Å². The molecule has 7 heteroatoms. The zero-order valence-corrected chi connectivity index (χ0v) is 13.6. The van der Waals surface area contributed by atoms with E-state index >= 15 is 0 Å². The minimum Gasteiger partial charge on any atom is -0.378 e. The first kappa shape index (κ1) is 16.2. The van der Waals surface area contributed by atoms with Crippen LogP contribution in [0.1, 0.15) is 31.8 Å². The lowest BCUT2D eigenvalue weighted by Crippen LogP contribution is -2.40. The van der Waals surface area contributed by atoms with Crippen LogP contribution in [0, 0.1) is 6.92 Å². The Morgan fingerprint density at radius 3 is 2.62 bits per heavy atom. The van der Waals surface area contributed by atoms with Crippen molar-refractivity contribution in [3.63, 3.8) is 0 Å². The monoisotopic (exact) mass is 328 g/mol. The van der Waals surface area contributed by atoms with E-state index in [0.717, 1.165) is 11.1 Å². The fourth-order valence-corrected chi connectivity index (χ4v) is 2.71. The molecule has 0 aliphatic carbocycles. The van der Waals surface area contributed by atoms with Crippen molar-refractivity contribution < 1.29 is 14.3 Å². The maximum atomic E-state index is 12.5. The third-order valence-corrected chi connectivity index (χ3v) is 4.14. The molecule has 0 saturated carbocycles. The summed E-state index contributed by atoms with van der Waals surface area (Å²) in [6, 6.07) is 5.65. The van der Waals surface area contributed by atoms with Gasteiger partial charge in [-0.05, 0) is 30.2 Å². The average Bonchev–Trinajstić information content (AvgIpc) is 3.06. The van der Waals surface area contributed by atoms with Crippen LogP contribution in [0.15, 0.2) is 30.6 Å². The molecule has 3 rings (SSSR count). The summed E-state index contributed by atoms with van der Waals surface area (Å²) in [6.07, 6.45) is 3.07. The number of carbonyl (C=O) groups is 2. The molecule has 0 unspecified atom stereocenters. The first-order chi connectivity index (χ1) is 11.5. The number of aromatic nitrogens is 2. The predicted octanol–water partition coefficient (Wildman–Crippen LogP) is 0.811. The minimum absolute atomic E-state index is 0.0306. The Bertz CT molecular complexity index is 763. The van der Waals surface area contributed by atoms with Crippen LogP contribution < -0.4 is 5.73 Å². The lowest BCUT2D eigenvalue weighted by atomic mass is 10.0. The van der Waals surface area contributed by atoms with Crippen LogP contribution >= 0.6 is 0 Å². The maximum absolute atomic E-state index is 12.5. The number of rotatable bonds is 4. The van der Waals surface area contributed by atoms with Gasteiger partial charge in [-0.1, -0.05) is 6.07 Å². The summed E-state index contributed by atoms with van der Waals surface area (Å²) in [5.74, 6) is -0.465. The van der Waals surface area contributed by atoms with Crippen LogP contribution in [0.25, 0.3) is 0 Å². The largest absolute Gasteiger partial charge is 0.378 e. The third-order valence-electron chi connectivity index (χ3n) is 4.14. The number of hydrogen-bond acceptors (Lipinski definition) is 4. The standard InChI is InChI=1S/C17H20N4O3/c1-12-8-13(17(23)20-4-6-24-7-5-20)2-3-14(12)10-21-11-15(9-19-21)16(18)22/h2-3,8-9,11H,4-7,10H2,1H3,(H2,18,22). The molecule has 1 aliphatic heterocycles. The van der Waals surface area contributed by atoms with Gasteiger partial charge in [0, 0.05) is 24.8 Å². The summed E-state index contributed by atoms with van der Waals surface area (Å²) in [7, 11) is 0. The second-order valence-electron chi connectivity index (χ2n) is 5.84. The molecular formula is C17H20N4O3. The molecule has 2 N–H and O–H groups in total. The smallest absolute Gasteiger partial charge is 0.254 e. The molecule has 0 bridgehead atoms. The molecule has 0 atom stereocenters. The first-order valence-electron chi connectivity index (χ1n) is 7.83. The van der Waals surface area contributed by atoms with E-state index in [4.69, 9.17) is 10.5 Å². The number of benzene rings is 1. The molecule has 2 aromatic rings. The quantitative estimate of drug-likeness (QED) is 0.899. The molecule has 7 nitrogen and oxygen atoms in total. The number of aryl methyl sites for hydroxylation is 1. The van der Waals surface area contributed by atoms with Gasteiger partial charge in [0.25, 0.3) is 11.8 Å². The fourth-order valence-electron chi connectivity index (χ4n) is 2.71. The number of carbonyl (C=O) groups excluding carboxylic acids is 2. The highest BCUT2D eigenvalue weighted by molar-refractivity contribution is 5.94. The van der Waals surface area contributed by atoms with Crippen molar-refractivity contribution in [1.29, 1.82) is 0 Å². The molecule has 1 aliphatic rings. The van der Waals surface area contributed by atoms with Gasteiger partial charge in [0.05, 0.1) is 31.5 Å². The van der Waals surface area contributed by atoms with Crippen molar-refractivity contribution in [3.8, 4) is 0 Å². The average molecular weight is 328 g/mol. The van der Waals surface area contributed by atoms with E-state index in [2.05, 4.69) is 5.10 Å². The summed E-state index contributed by atoms with van der Waals surface area (Å²) >= 11 is 0. The summed E-state index contributed by atoms with van der Waals surface area (Å²) < 4.78 is 6.94. The highest BCUT2D eigenvalue weighted by Crippen LogP contribution is 2.15. The molecule has 1 fully saturated rings. The Balaban J connectivity index is 1.74.